The van der Waals surface area contributed by atoms with Gasteiger partial charge in [0.05, 0.1) is 6.04 Å². The van der Waals surface area contributed by atoms with E-state index in [2.05, 4.69) is 5.32 Å². The molecule has 2 rings (SSSR count). The van der Waals surface area contributed by atoms with Gasteiger partial charge in [0.1, 0.15) is 0 Å². The Morgan fingerprint density at radius 3 is 2.69 bits per heavy atom. The zero-order valence-electron chi connectivity index (χ0n) is 9.24. The van der Waals surface area contributed by atoms with Crippen molar-refractivity contribution in [1.82, 2.24) is 0 Å². The minimum Gasteiger partial charge on any atom is -0.454 e. The summed E-state index contributed by atoms with van der Waals surface area (Å²) in [5.74, 6) is 1.13. The number of ether oxygens (including phenoxy) is 2. The molecule has 86 valence electrons. The number of benzene rings is 1. The van der Waals surface area contributed by atoms with Crippen LogP contribution in [-0.2, 0) is 4.79 Å². The molecule has 0 fully saturated rings. The van der Waals surface area contributed by atoms with E-state index in [1.807, 2.05) is 13.0 Å². The Bertz CT molecular complexity index is 429. The van der Waals surface area contributed by atoms with Crippen LogP contribution in [0.3, 0.4) is 0 Å². The Hall–Kier alpha value is -1.75. The molecule has 0 aliphatic carbocycles. The topological polar surface area (TPSA) is 73.6 Å². The normalized spacial score (nSPS) is 14.7. The number of fused-ring (bicyclic) bond motifs is 1. The van der Waals surface area contributed by atoms with E-state index < -0.39 is 6.04 Å². The first-order valence-electron chi connectivity index (χ1n) is 5.04. The van der Waals surface area contributed by atoms with E-state index in [4.69, 9.17) is 15.2 Å². The van der Waals surface area contributed by atoms with Gasteiger partial charge in [-0.1, -0.05) is 0 Å². The fourth-order valence-corrected chi connectivity index (χ4v) is 1.42. The molecule has 16 heavy (non-hydrogen) atoms. The summed E-state index contributed by atoms with van der Waals surface area (Å²) >= 11 is 0. The predicted molar refractivity (Wildman–Crippen MR) is 59.6 cm³/mol. The molecular weight excluding hydrogens is 208 g/mol. The Balaban J connectivity index is 2.25. The molecular formula is C11H14N2O3. The second-order valence-electron chi connectivity index (χ2n) is 3.80. The number of carbonyl (C=O) groups is 1. The molecule has 0 spiro atoms. The summed E-state index contributed by atoms with van der Waals surface area (Å²) in [6.45, 7) is 3.75. The zero-order chi connectivity index (χ0) is 11.7. The lowest BCUT2D eigenvalue weighted by Gasteiger charge is -2.11. The summed E-state index contributed by atoms with van der Waals surface area (Å²) in [5, 5.41) is 2.74. The molecule has 1 aliphatic heterocycles. The fraction of sp³-hybridized carbons (Fsp3) is 0.364. The SMILES string of the molecule is Cc1cc2c(cc1NC(=O)C(C)N)OCO2. The first-order chi connectivity index (χ1) is 7.58. The number of anilines is 1. The zero-order valence-corrected chi connectivity index (χ0v) is 9.24. The quantitative estimate of drug-likeness (QED) is 0.783. The first kappa shape index (κ1) is 10.8. The maximum Gasteiger partial charge on any atom is 0.241 e. The summed E-state index contributed by atoms with van der Waals surface area (Å²) in [4.78, 5) is 11.5. The molecule has 0 bridgehead atoms. The number of carbonyl (C=O) groups excluding carboxylic acids is 1. The maximum absolute atomic E-state index is 11.5. The molecule has 5 heteroatoms. The maximum atomic E-state index is 11.5. The Kier molecular flexibility index (Phi) is 2.70. The largest absolute Gasteiger partial charge is 0.454 e. The van der Waals surface area contributed by atoms with Gasteiger partial charge in [0, 0.05) is 11.8 Å². The molecule has 1 aromatic rings. The van der Waals surface area contributed by atoms with E-state index in [0.29, 0.717) is 17.2 Å². The lowest BCUT2D eigenvalue weighted by molar-refractivity contribution is -0.117. The highest BCUT2D eigenvalue weighted by Crippen LogP contribution is 2.36. The van der Waals surface area contributed by atoms with Crippen molar-refractivity contribution in [1.29, 1.82) is 0 Å². The standard InChI is InChI=1S/C11H14N2O3/c1-6-3-9-10(16-5-15-9)4-8(6)13-11(14)7(2)12/h3-4,7H,5,12H2,1-2H3,(H,13,14). The van der Waals surface area contributed by atoms with Crippen LogP contribution < -0.4 is 20.5 Å². The summed E-state index contributed by atoms with van der Waals surface area (Å²) < 4.78 is 10.5. The van der Waals surface area contributed by atoms with Crippen molar-refractivity contribution >= 4 is 11.6 Å². The fourth-order valence-electron chi connectivity index (χ4n) is 1.42. The van der Waals surface area contributed by atoms with Gasteiger partial charge in [-0.2, -0.15) is 0 Å². The van der Waals surface area contributed by atoms with Gasteiger partial charge >= 0.3 is 0 Å². The number of hydrogen-bond acceptors (Lipinski definition) is 4. The van der Waals surface area contributed by atoms with Crippen molar-refractivity contribution in [3.63, 3.8) is 0 Å². The molecule has 1 aromatic carbocycles. The van der Waals surface area contributed by atoms with Crippen molar-refractivity contribution in [2.45, 2.75) is 19.9 Å². The molecule has 0 saturated heterocycles. The highest BCUT2D eigenvalue weighted by Gasteiger charge is 2.17. The van der Waals surface area contributed by atoms with Crippen LogP contribution in [0.1, 0.15) is 12.5 Å². The lowest BCUT2D eigenvalue weighted by Crippen LogP contribution is -2.32. The third kappa shape index (κ3) is 1.94. The minimum atomic E-state index is -0.537. The lowest BCUT2D eigenvalue weighted by atomic mass is 10.1. The van der Waals surface area contributed by atoms with Gasteiger partial charge in [-0.25, -0.2) is 0 Å². The molecule has 0 saturated carbocycles. The average molecular weight is 222 g/mol. The number of hydrogen-bond donors (Lipinski definition) is 2. The molecule has 1 amide bonds. The number of nitrogens with one attached hydrogen (secondary N) is 1. The Morgan fingerprint density at radius 2 is 2.06 bits per heavy atom. The van der Waals surface area contributed by atoms with E-state index in [0.717, 1.165) is 5.56 Å². The highest BCUT2D eigenvalue weighted by atomic mass is 16.7. The monoisotopic (exact) mass is 222 g/mol. The molecule has 1 aliphatic rings. The van der Waals surface area contributed by atoms with Gasteiger partial charge < -0.3 is 20.5 Å². The molecule has 0 aromatic heterocycles. The summed E-state index contributed by atoms with van der Waals surface area (Å²) in [7, 11) is 0. The third-order valence-corrected chi connectivity index (χ3v) is 2.39. The predicted octanol–water partition coefficient (Wildman–Crippen LogP) is 1.01. The van der Waals surface area contributed by atoms with Crippen LogP contribution >= 0.6 is 0 Å². The van der Waals surface area contributed by atoms with Gasteiger partial charge in [-0.15, -0.1) is 0 Å². The van der Waals surface area contributed by atoms with Crippen LogP contribution in [0.4, 0.5) is 5.69 Å². The summed E-state index contributed by atoms with van der Waals surface area (Å²) in [5.41, 5.74) is 7.09. The minimum absolute atomic E-state index is 0.220. The van der Waals surface area contributed by atoms with Crippen molar-refractivity contribution < 1.29 is 14.3 Å². The second kappa shape index (κ2) is 4.02. The molecule has 3 N–H and O–H groups in total. The Morgan fingerprint density at radius 1 is 1.44 bits per heavy atom. The molecule has 1 unspecified atom stereocenters. The van der Waals surface area contributed by atoms with Crippen molar-refractivity contribution in [2.24, 2.45) is 5.73 Å². The van der Waals surface area contributed by atoms with Gasteiger partial charge in [0.2, 0.25) is 12.7 Å². The van der Waals surface area contributed by atoms with Gasteiger partial charge in [0.15, 0.2) is 11.5 Å². The van der Waals surface area contributed by atoms with Crippen LogP contribution in [0.2, 0.25) is 0 Å². The number of amides is 1. The first-order valence-corrected chi connectivity index (χ1v) is 5.04. The van der Waals surface area contributed by atoms with Crippen LogP contribution in [0.15, 0.2) is 12.1 Å². The highest BCUT2D eigenvalue weighted by molar-refractivity contribution is 5.95. The van der Waals surface area contributed by atoms with Crippen LogP contribution in [0.5, 0.6) is 11.5 Å². The van der Waals surface area contributed by atoms with Crippen LogP contribution in [0.25, 0.3) is 0 Å². The molecule has 0 radical (unpaired) electrons. The Labute approximate surface area is 93.5 Å². The van der Waals surface area contributed by atoms with Crippen molar-refractivity contribution in [3.05, 3.63) is 17.7 Å². The number of rotatable bonds is 2. The van der Waals surface area contributed by atoms with E-state index in [-0.39, 0.29) is 12.7 Å². The second-order valence-corrected chi connectivity index (χ2v) is 3.80. The van der Waals surface area contributed by atoms with Gasteiger partial charge in [-0.05, 0) is 25.5 Å². The van der Waals surface area contributed by atoms with E-state index >= 15 is 0 Å². The van der Waals surface area contributed by atoms with Crippen LogP contribution in [0, 0.1) is 6.92 Å². The van der Waals surface area contributed by atoms with Crippen molar-refractivity contribution in [2.75, 3.05) is 12.1 Å². The third-order valence-electron chi connectivity index (χ3n) is 2.39. The van der Waals surface area contributed by atoms with Gasteiger partial charge in [0.25, 0.3) is 0 Å². The van der Waals surface area contributed by atoms with E-state index in [1.54, 1.807) is 13.0 Å². The summed E-state index contributed by atoms with van der Waals surface area (Å²) in [6, 6.07) is 3.04. The molecule has 1 heterocycles. The summed E-state index contributed by atoms with van der Waals surface area (Å²) in [6.07, 6.45) is 0. The van der Waals surface area contributed by atoms with Gasteiger partial charge in [-0.3, -0.25) is 4.79 Å². The van der Waals surface area contributed by atoms with E-state index in [9.17, 15) is 4.79 Å². The van der Waals surface area contributed by atoms with Crippen LogP contribution in [-0.4, -0.2) is 18.7 Å². The number of nitrogens with two attached hydrogens (primary N) is 1. The average Bonchev–Trinajstić information content (AvgIpc) is 2.65. The van der Waals surface area contributed by atoms with Crippen molar-refractivity contribution in [3.8, 4) is 11.5 Å². The molecule has 1 atom stereocenters. The number of aryl methyl sites for hydroxylation is 1. The van der Waals surface area contributed by atoms with E-state index in [1.165, 1.54) is 0 Å². The molecule has 5 nitrogen and oxygen atoms in total. The smallest absolute Gasteiger partial charge is 0.241 e.